The van der Waals surface area contributed by atoms with Gasteiger partial charge in [-0.2, -0.15) is 0 Å². The van der Waals surface area contributed by atoms with Gasteiger partial charge >= 0.3 is 0 Å². The van der Waals surface area contributed by atoms with Crippen LogP contribution in [0.15, 0.2) is 24.3 Å². The molecule has 0 spiro atoms. The lowest BCUT2D eigenvalue weighted by Gasteiger charge is -2.27. The number of carbonyl (C=O) groups excluding carboxylic acids is 1. The van der Waals surface area contributed by atoms with E-state index in [-0.39, 0.29) is 22.6 Å². The third-order valence-electron chi connectivity index (χ3n) is 4.85. The van der Waals surface area contributed by atoms with Gasteiger partial charge in [-0.1, -0.05) is 12.1 Å². The molecular weight excluding hydrogens is 310 g/mol. The van der Waals surface area contributed by atoms with E-state index >= 15 is 0 Å². The maximum absolute atomic E-state index is 12.6. The van der Waals surface area contributed by atoms with E-state index in [1.165, 1.54) is 6.07 Å². The van der Waals surface area contributed by atoms with Gasteiger partial charge in [0.2, 0.25) is 5.91 Å². The molecule has 2 fully saturated rings. The van der Waals surface area contributed by atoms with Crippen LogP contribution in [0.3, 0.4) is 0 Å². The Bertz CT molecular complexity index is 601. The first-order valence-corrected chi connectivity index (χ1v) is 8.52. The number of nitrogens with zero attached hydrogens (tertiary/aromatic N) is 2. The molecule has 7 heteroatoms. The molecule has 130 valence electrons. The van der Waals surface area contributed by atoms with Gasteiger partial charge in [-0.25, -0.2) is 0 Å². The third kappa shape index (κ3) is 3.67. The summed E-state index contributed by atoms with van der Waals surface area (Å²) in [6, 6.07) is 6.31. The average Bonchev–Trinajstić information content (AvgIpc) is 3.10. The van der Waals surface area contributed by atoms with Gasteiger partial charge in [-0.3, -0.25) is 14.9 Å². The minimum Gasteiger partial charge on any atom is -0.381 e. The molecule has 0 bridgehead atoms. The monoisotopic (exact) mass is 333 g/mol. The van der Waals surface area contributed by atoms with Crippen molar-refractivity contribution in [3.63, 3.8) is 0 Å². The molecule has 2 heterocycles. The normalized spacial score (nSPS) is 21.7. The Morgan fingerprint density at radius 2 is 2.04 bits per heavy atom. The molecule has 3 rings (SSSR count). The lowest BCUT2D eigenvalue weighted by Crippen LogP contribution is -2.45. The van der Waals surface area contributed by atoms with Crippen molar-refractivity contribution >= 4 is 17.3 Å². The molecule has 0 aromatic heterocycles. The molecule has 1 unspecified atom stereocenters. The highest BCUT2D eigenvalue weighted by atomic mass is 16.6. The Morgan fingerprint density at radius 3 is 2.79 bits per heavy atom. The summed E-state index contributed by atoms with van der Waals surface area (Å²) in [4.78, 5) is 25.3. The second-order valence-electron chi connectivity index (χ2n) is 6.40. The fourth-order valence-corrected chi connectivity index (χ4v) is 3.50. The van der Waals surface area contributed by atoms with Gasteiger partial charge in [-0.05, 0) is 37.7 Å². The van der Waals surface area contributed by atoms with E-state index in [0.717, 1.165) is 38.9 Å². The van der Waals surface area contributed by atoms with Gasteiger partial charge in [0.25, 0.3) is 5.69 Å². The summed E-state index contributed by atoms with van der Waals surface area (Å²) < 4.78 is 5.33. The first-order chi connectivity index (χ1) is 11.7. The van der Waals surface area contributed by atoms with Gasteiger partial charge < -0.3 is 15.0 Å². The number of amides is 1. The molecule has 2 aliphatic rings. The van der Waals surface area contributed by atoms with Crippen molar-refractivity contribution in [1.29, 1.82) is 0 Å². The fourth-order valence-electron chi connectivity index (χ4n) is 3.50. The Kier molecular flexibility index (Phi) is 5.30. The summed E-state index contributed by atoms with van der Waals surface area (Å²) in [5, 5.41) is 14.3. The van der Waals surface area contributed by atoms with Gasteiger partial charge in [0.1, 0.15) is 11.7 Å². The molecule has 0 saturated carbocycles. The van der Waals surface area contributed by atoms with Crippen LogP contribution in [0, 0.1) is 16.0 Å². The van der Waals surface area contributed by atoms with Gasteiger partial charge in [0.15, 0.2) is 0 Å². The molecule has 2 saturated heterocycles. The van der Waals surface area contributed by atoms with Crippen LogP contribution in [0.5, 0.6) is 0 Å². The van der Waals surface area contributed by atoms with E-state index < -0.39 is 0 Å². The number of anilines is 1. The van der Waals surface area contributed by atoms with Crippen LogP contribution in [0.2, 0.25) is 0 Å². The van der Waals surface area contributed by atoms with Crippen LogP contribution in [-0.4, -0.2) is 43.2 Å². The van der Waals surface area contributed by atoms with Crippen molar-refractivity contribution in [2.75, 3.05) is 31.2 Å². The highest BCUT2D eigenvalue weighted by Gasteiger charge is 2.34. The number of ether oxygens (including phenoxy) is 1. The van der Waals surface area contributed by atoms with Crippen LogP contribution >= 0.6 is 0 Å². The molecule has 7 nitrogen and oxygen atoms in total. The second kappa shape index (κ2) is 7.61. The zero-order valence-electron chi connectivity index (χ0n) is 13.6. The molecular formula is C17H23N3O4. The first-order valence-electron chi connectivity index (χ1n) is 8.52. The summed E-state index contributed by atoms with van der Waals surface area (Å²) in [6.07, 6.45) is 3.53. The second-order valence-corrected chi connectivity index (χ2v) is 6.40. The van der Waals surface area contributed by atoms with Gasteiger partial charge in [0.05, 0.1) is 4.92 Å². The average molecular weight is 333 g/mol. The van der Waals surface area contributed by atoms with Crippen molar-refractivity contribution in [3.8, 4) is 0 Å². The SMILES string of the molecule is O=C(NCC1CCOCC1)C1CCCN1c1ccccc1[N+](=O)[O-]. The molecule has 0 aliphatic carbocycles. The quantitative estimate of drug-likeness (QED) is 0.659. The van der Waals surface area contributed by atoms with Crippen molar-refractivity contribution in [2.45, 2.75) is 31.7 Å². The summed E-state index contributed by atoms with van der Waals surface area (Å²) in [5.74, 6) is 0.431. The predicted octanol–water partition coefficient (Wildman–Crippen LogP) is 2.11. The summed E-state index contributed by atoms with van der Waals surface area (Å²) in [6.45, 7) is 2.84. The minimum absolute atomic E-state index is 0.0304. The van der Waals surface area contributed by atoms with E-state index in [1.807, 2.05) is 4.90 Å². The first kappa shape index (κ1) is 16.7. The van der Waals surface area contributed by atoms with E-state index in [9.17, 15) is 14.9 Å². The van der Waals surface area contributed by atoms with Crippen LogP contribution in [-0.2, 0) is 9.53 Å². The fraction of sp³-hybridized carbons (Fsp3) is 0.588. The Hall–Kier alpha value is -2.15. The zero-order chi connectivity index (χ0) is 16.9. The number of rotatable bonds is 5. The van der Waals surface area contributed by atoms with Crippen molar-refractivity contribution in [2.24, 2.45) is 5.92 Å². The number of benzene rings is 1. The van der Waals surface area contributed by atoms with E-state index in [1.54, 1.807) is 18.2 Å². The van der Waals surface area contributed by atoms with Crippen molar-refractivity contribution in [1.82, 2.24) is 5.32 Å². The lowest BCUT2D eigenvalue weighted by molar-refractivity contribution is -0.384. The molecule has 1 atom stereocenters. The number of nitro benzene ring substituents is 1. The summed E-state index contributed by atoms with van der Waals surface area (Å²) in [7, 11) is 0. The summed E-state index contributed by atoms with van der Waals surface area (Å²) >= 11 is 0. The Morgan fingerprint density at radius 1 is 1.29 bits per heavy atom. The van der Waals surface area contributed by atoms with Crippen molar-refractivity contribution < 1.29 is 14.5 Å². The van der Waals surface area contributed by atoms with E-state index in [0.29, 0.717) is 24.7 Å². The molecule has 2 aliphatic heterocycles. The van der Waals surface area contributed by atoms with E-state index in [2.05, 4.69) is 5.32 Å². The predicted molar refractivity (Wildman–Crippen MR) is 90.0 cm³/mol. The summed E-state index contributed by atoms with van der Waals surface area (Å²) in [5.41, 5.74) is 0.591. The highest BCUT2D eigenvalue weighted by Crippen LogP contribution is 2.33. The maximum Gasteiger partial charge on any atom is 0.292 e. The van der Waals surface area contributed by atoms with Gasteiger partial charge in [0, 0.05) is 32.4 Å². The maximum atomic E-state index is 12.6. The van der Waals surface area contributed by atoms with Crippen LogP contribution in [0.25, 0.3) is 0 Å². The molecule has 1 N–H and O–H groups in total. The number of nitro groups is 1. The molecule has 24 heavy (non-hydrogen) atoms. The number of hydrogen-bond acceptors (Lipinski definition) is 5. The molecule has 0 radical (unpaired) electrons. The van der Waals surface area contributed by atoms with Crippen molar-refractivity contribution in [3.05, 3.63) is 34.4 Å². The number of nitrogens with one attached hydrogen (secondary N) is 1. The standard InChI is InChI=1S/C17H23N3O4/c21-17(18-12-13-7-10-24-11-8-13)16-6-3-9-19(16)14-4-1-2-5-15(14)20(22)23/h1-2,4-5,13,16H,3,6-12H2,(H,18,21). The highest BCUT2D eigenvalue weighted by molar-refractivity contribution is 5.87. The Labute approximate surface area is 141 Å². The minimum atomic E-state index is -0.384. The van der Waals surface area contributed by atoms with Crippen LogP contribution < -0.4 is 10.2 Å². The smallest absolute Gasteiger partial charge is 0.292 e. The molecule has 1 amide bonds. The van der Waals surface area contributed by atoms with Crippen LogP contribution in [0.1, 0.15) is 25.7 Å². The lowest BCUT2D eigenvalue weighted by atomic mass is 10.0. The molecule has 1 aromatic carbocycles. The largest absolute Gasteiger partial charge is 0.381 e. The number of hydrogen-bond donors (Lipinski definition) is 1. The molecule has 1 aromatic rings. The van der Waals surface area contributed by atoms with Gasteiger partial charge in [-0.15, -0.1) is 0 Å². The Balaban J connectivity index is 1.66. The number of para-hydroxylation sites is 2. The number of carbonyl (C=O) groups is 1. The topological polar surface area (TPSA) is 84.7 Å². The van der Waals surface area contributed by atoms with Crippen LogP contribution in [0.4, 0.5) is 11.4 Å². The zero-order valence-corrected chi connectivity index (χ0v) is 13.6. The van der Waals surface area contributed by atoms with E-state index in [4.69, 9.17) is 4.74 Å². The third-order valence-corrected chi connectivity index (χ3v) is 4.85.